The molecule has 0 amide bonds. The van der Waals surface area contributed by atoms with E-state index in [0.717, 1.165) is 0 Å². The van der Waals surface area contributed by atoms with Crippen LogP contribution in [-0.4, -0.2) is 0 Å². The van der Waals surface area contributed by atoms with Crippen LogP contribution in [0.1, 0.15) is 71.6 Å². The first-order valence-corrected chi connectivity index (χ1v) is 10.3. The van der Waals surface area contributed by atoms with Crippen molar-refractivity contribution < 1.29 is 0 Å². The zero-order valence-electron chi connectivity index (χ0n) is 14.9. The van der Waals surface area contributed by atoms with Crippen molar-refractivity contribution in [2.24, 2.45) is 0 Å². The summed E-state index contributed by atoms with van der Waals surface area (Å²) in [5.74, 6) is 2.61. The van der Waals surface area contributed by atoms with Gasteiger partial charge in [0.05, 0.1) is 0 Å². The molecule has 0 N–H and O–H groups in total. The fourth-order valence-electron chi connectivity index (χ4n) is 6.13. The summed E-state index contributed by atoms with van der Waals surface area (Å²) in [7, 11) is 0. The first-order chi connectivity index (χ1) is 12.8. The van der Waals surface area contributed by atoms with Crippen LogP contribution >= 0.6 is 0 Å². The highest BCUT2D eigenvalue weighted by Gasteiger charge is 2.30. The van der Waals surface area contributed by atoms with E-state index < -0.39 is 0 Å². The molecule has 4 atom stereocenters. The van der Waals surface area contributed by atoms with Gasteiger partial charge in [-0.1, -0.05) is 48.6 Å². The Labute approximate surface area is 154 Å². The van der Waals surface area contributed by atoms with Crippen LogP contribution in [0.3, 0.4) is 0 Å². The summed E-state index contributed by atoms with van der Waals surface area (Å²) in [6, 6.07) is 14.9. The van der Waals surface area contributed by atoms with E-state index in [4.69, 9.17) is 0 Å². The van der Waals surface area contributed by atoms with E-state index in [1.807, 2.05) is 0 Å². The first kappa shape index (κ1) is 13.8. The van der Waals surface area contributed by atoms with Crippen LogP contribution in [-0.2, 0) is 0 Å². The summed E-state index contributed by atoms with van der Waals surface area (Å²) in [5, 5.41) is 5.70. The molecule has 26 heavy (non-hydrogen) atoms. The number of rotatable bonds is 0. The Morgan fingerprint density at radius 1 is 0.385 bits per heavy atom. The van der Waals surface area contributed by atoms with Crippen LogP contribution in [0, 0.1) is 0 Å². The summed E-state index contributed by atoms with van der Waals surface area (Å²) < 4.78 is 0. The minimum Gasteiger partial charge on any atom is -0.0804 e. The predicted molar refractivity (Wildman–Crippen MR) is 109 cm³/mol. The number of fused-ring (bicyclic) bond motifs is 4. The molecule has 9 rings (SSSR count). The topological polar surface area (TPSA) is 0 Å². The lowest BCUT2D eigenvalue weighted by Gasteiger charge is -2.34. The van der Waals surface area contributed by atoms with E-state index in [9.17, 15) is 0 Å². The molecule has 0 unspecified atom stereocenters. The second-order valence-corrected chi connectivity index (χ2v) is 8.86. The largest absolute Gasteiger partial charge is 0.0804 e. The minimum absolute atomic E-state index is 0.652. The fourth-order valence-corrected chi connectivity index (χ4v) is 6.13. The maximum Gasteiger partial charge on any atom is 0.00216 e. The standard InChI is InChI=1S/C26H22/c1-2-16-4-3-15(1)23-11-19-9-21-13-25-17-5-7-18(8-6-17)26(25)14-22(21)10-20(19)12-24(16)23/h1-2,5,7,9-18H,3-4,6,8H2/t15-,16+,17+,18-. The van der Waals surface area contributed by atoms with Crippen LogP contribution < -0.4 is 0 Å². The summed E-state index contributed by atoms with van der Waals surface area (Å²) in [4.78, 5) is 0. The molecule has 0 fully saturated rings. The Bertz CT molecular complexity index is 981. The van der Waals surface area contributed by atoms with Crippen LogP contribution in [0.15, 0.2) is 60.7 Å². The van der Waals surface area contributed by atoms with Crippen molar-refractivity contribution in [3.63, 3.8) is 0 Å². The Morgan fingerprint density at radius 3 is 0.885 bits per heavy atom. The maximum atomic E-state index is 2.50. The Morgan fingerprint density at radius 2 is 0.654 bits per heavy atom. The van der Waals surface area contributed by atoms with E-state index in [2.05, 4.69) is 60.7 Å². The average molecular weight is 334 g/mol. The summed E-state index contributed by atoms with van der Waals surface area (Å²) in [6.45, 7) is 0. The highest BCUT2D eigenvalue weighted by molar-refractivity contribution is 6.00. The summed E-state index contributed by atoms with van der Waals surface area (Å²) in [5.41, 5.74) is 6.37. The van der Waals surface area contributed by atoms with E-state index in [1.54, 1.807) is 22.3 Å². The minimum atomic E-state index is 0.652. The average Bonchev–Trinajstić information content (AvgIpc) is 2.71. The lowest BCUT2D eigenvalue weighted by molar-refractivity contribution is 0.554. The van der Waals surface area contributed by atoms with Gasteiger partial charge in [0.2, 0.25) is 0 Å². The number of benzene rings is 3. The van der Waals surface area contributed by atoms with Gasteiger partial charge in [0.25, 0.3) is 0 Å². The number of hydrogen-bond donors (Lipinski definition) is 0. The Kier molecular flexibility index (Phi) is 2.49. The maximum absolute atomic E-state index is 2.50. The molecule has 0 radical (unpaired) electrons. The summed E-state index contributed by atoms with van der Waals surface area (Å²) in [6.07, 6.45) is 15.1. The zero-order valence-corrected chi connectivity index (χ0v) is 14.9. The van der Waals surface area contributed by atoms with Crippen molar-refractivity contribution in [2.75, 3.05) is 0 Å². The van der Waals surface area contributed by atoms with Gasteiger partial charge in [-0.25, -0.2) is 0 Å². The van der Waals surface area contributed by atoms with Crippen LogP contribution in [0.25, 0.3) is 21.5 Å². The quantitative estimate of drug-likeness (QED) is 0.305. The molecule has 0 heteroatoms. The van der Waals surface area contributed by atoms with Crippen LogP contribution in [0.4, 0.5) is 0 Å². The van der Waals surface area contributed by atoms with Gasteiger partial charge in [-0.3, -0.25) is 0 Å². The van der Waals surface area contributed by atoms with Crippen molar-refractivity contribution in [2.45, 2.75) is 49.4 Å². The smallest absolute Gasteiger partial charge is 0.00216 e. The van der Waals surface area contributed by atoms with Gasteiger partial charge >= 0.3 is 0 Å². The third-order valence-electron chi connectivity index (χ3n) is 7.53. The van der Waals surface area contributed by atoms with Crippen molar-refractivity contribution in [3.05, 3.63) is 83.0 Å². The fraction of sp³-hybridized carbons (Fsp3) is 0.308. The molecular formula is C26H22. The molecule has 3 aromatic carbocycles. The van der Waals surface area contributed by atoms with Gasteiger partial charge in [-0.15, -0.1) is 0 Å². The van der Waals surface area contributed by atoms with E-state index >= 15 is 0 Å². The molecule has 4 bridgehead atoms. The van der Waals surface area contributed by atoms with Crippen molar-refractivity contribution in [1.82, 2.24) is 0 Å². The SMILES string of the molecule is C1=C[C@H]2CC[C@@H]1c1cc3cc4cc5c(cc4cc3cc12)[C@@H]1C=C[C@H]5CC1. The Balaban J connectivity index is 1.49. The molecule has 0 spiro atoms. The third kappa shape index (κ3) is 1.70. The summed E-state index contributed by atoms with van der Waals surface area (Å²) >= 11 is 0. The van der Waals surface area contributed by atoms with Gasteiger partial charge in [-0.2, -0.15) is 0 Å². The molecule has 0 heterocycles. The first-order valence-electron chi connectivity index (χ1n) is 10.3. The van der Waals surface area contributed by atoms with Gasteiger partial charge < -0.3 is 0 Å². The van der Waals surface area contributed by atoms with Crippen molar-refractivity contribution in [3.8, 4) is 0 Å². The highest BCUT2D eigenvalue weighted by atomic mass is 14.3. The molecule has 0 saturated heterocycles. The highest BCUT2D eigenvalue weighted by Crippen LogP contribution is 2.48. The molecule has 6 aliphatic rings. The zero-order chi connectivity index (χ0) is 16.8. The number of hydrogen-bond acceptors (Lipinski definition) is 0. The molecule has 3 aromatic rings. The monoisotopic (exact) mass is 334 g/mol. The van der Waals surface area contributed by atoms with E-state index in [1.165, 1.54) is 47.2 Å². The number of allylic oxidation sites excluding steroid dienone is 4. The van der Waals surface area contributed by atoms with Gasteiger partial charge in [0.1, 0.15) is 0 Å². The van der Waals surface area contributed by atoms with Gasteiger partial charge in [0, 0.05) is 23.7 Å². The molecule has 126 valence electrons. The second kappa shape index (κ2) is 4.68. The normalized spacial score (nSPS) is 30.2. The van der Waals surface area contributed by atoms with Crippen LogP contribution in [0.5, 0.6) is 0 Å². The van der Waals surface area contributed by atoms with E-state index in [0.29, 0.717) is 23.7 Å². The Hall–Kier alpha value is -2.34. The van der Waals surface area contributed by atoms with Gasteiger partial charge in [0.15, 0.2) is 0 Å². The predicted octanol–water partition coefficient (Wildman–Crippen LogP) is 7.05. The van der Waals surface area contributed by atoms with Crippen molar-refractivity contribution >= 4 is 21.5 Å². The third-order valence-corrected chi connectivity index (χ3v) is 7.53. The van der Waals surface area contributed by atoms with Crippen molar-refractivity contribution in [1.29, 1.82) is 0 Å². The molecule has 0 saturated carbocycles. The van der Waals surface area contributed by atoms with Gasteiger partial charge in [-0.05, 0) is 81.6 Å². The molecule has 0 aromatic heterocycles. The molecule has 0 nitrogen and oxygen atoms in total. The van der Waals surface area contributed by atoms with E-state index in [-0.39, 0.29) is 0 Å². The van der Waals surface area contributed by atoms with Crippen LogP contribution in [0.2, 0.25) is 0 Å². The lowest BCUT2D eigenvalue weighted by Crippen LogP contribution is -2.17. The second-order valence-electron chi connectivity index (χ2n) is 8.86. The molecule has 6 aliphatic carbocycles. The molecule has 0 aliphatic heterocycles. The molecular weight excluding hydrogens is 312 g/mol. The lowest BCUT2D eigenvalue weighted by atomic mass is 9.70.